The maximum absolute atomic E-state index is 10.0. The van der Waals surface area contributed by atoms with E-state index in [1.165, 1.54) is 6.42 Å². The van der Waals surface area contributed by atoms with Crippen LogP contribution < -0.4 is 5.32 Å². The number of carbonyl (C=O) groups excluding carboxylic acids is 1. The summed E-state index contributed by atoms with van der Waals surface area (Å²) < 4.78 is 0. The second-order valence-electron chi connectivity index (χ2n) is 3.20. The Morgan fingerprint density at radius 1 is 1.64 bits per heavy atom. The van der Waals surface area contributed by atoms with E-state index in [2.05, 4.69) is 22.4 Å². The number of nitrogens with zero attached hydrogens (tertiary/aromatic N) is 1. The summed E-state index contributed by atoms with van der Waals surface area (Å²) in [5.74, 6) is 0.744. The first-order chi connectivity index (χ1) is 5.40. The van der Waals surface area contributed by atoms with Crippen LogP contribution in [0, 0.1) is 5.92 Å². The van der Waals surface area contributed by atoms with Gasteiger partial charge in [-0.05, 0) is 12.3 Å². The topological polar surface area (TPSA) is 32.3 Å². The monoisotopic (exact) mass is 152 g/mol. The summed E-state index contributed by atoms with van der Waals surface area (Å²) in [5.41, 5.74) is 0. The Morgan fingerprint density at radius 3 is 3.09 bits per heavy atom. The molecule has 1 saturated heterocycles. The molecule has 2 unspecified atom stereocenters. The minimum atomic E-state index is 0.590. The zero-order valence-corrected chi connectivity index (χ0v) is 6.36. The summed E-state index contributed by atoms with van der Waals surface area (Å²) in [5, 5.41) is 2.69. The first-order valence-electron chi connectivity index (χ1n) is 3.99. The molecule has 0 spiro atoms. The van der Waals surface area contributed by atoms with Crippen LogP contribution in [0.5, 0.6) is 0 Å². The highest BCUT2D eigenvalue weighted by molar-refractivity contribution is 5.45. The predicted octanol–water partition coefficient (Wildman–Crippen LogP) is -0.0498. The van der Waals surface area contributed by atoms with Gasteiger partial charge in [0.05, 0.1) is 6.67 Å². The average Bonchev–Trinajstić information content (AvgIpc) is 2.60. The van der Waals surface area contributed by atoms with Crippen LogP contribution in [0.25, 0.3) is 0 Å². The molecule has 0 aromatic carbocycles. The summed E-state index contributed by atoms with van der Waals surface area (Å²) >= 11 is 0. The van der Waals surface area contributed by atoms with Gasteiger partial charge in [0.25, 0.3) is 0 Å². The molecule has 1 aliphatic heterocycles. The number of hydrogen-bond acceptors (Lipinski definition) is 2. The van der Waals surface area contributed by atoms with Gasteiger partial charge in [0, 0.05) is 12.6 Å². The lowest BCUT2D eigenvalue weighted by Gasteiger charge is -2.22. The minimum absolute atomic E-state index is 0.590. The van der Waals surface area contributed by atoms with E-state index in [1.54, 1.807) is 0 Å². The first-order valence-corrected chi connectivity index (χ1v) is 3.99. The van der Waals surface area contributed by atoms with Crippen molar-refractivity contribution in [3.63, 3.8) is 0 Å². The Hall–Kier alpha value is -0.830. The van der Waals surface area contributed by atoms with E-state index in [9.17, 15) is 4.79 Å². The van der Waals surface area contributed by atoms with Gasteiger partial charge in [-0.1, -0.05) is 12.2 Å². The number of carbonyl (C=O) groups is 1. The van der Waals surface area contributed by atoms with E-state index < -0.39 is 0 Å². The fourth-order valence-electron chi connectivity index (χ4n) is 1.93. The normalized spacial score (nSPS) is 34.5. The van der Waals surface area contributed by atoms with Crippen molar-refractivity contribution in [1.82, 2.24) is 10.2 Å². The second kappa shape index (κ2) is 2.66. The first kappa shape index (κ1) is 6.85. The average molecular weight is 152 g/mol. The van der Waals surface area contributed by atoms with Crippen LogP contribution in [0.3, 0.4) is 0 Å². The van der Waals surface area contributed by atoms with E-state index in [0.717, 1.165) is 18.9 Å². The fourth-order valence-corrected chi connectivity index (χ4v) is 1.93. The van der Waals surface area contributed by atoms with Gasteiger partial charge in [-0.3, -0.25) is 9.69 Å². The lowest BCUT2D eigenvalue weighted by molar-refractivity contribution is -0.110. The summed E-state index contributed by atoms with van der Waals surface area (Å²) in [6, 6.07) is 0.590. The van der Waals surface area contributed by atoms with Crippen molar-refractivity contribution in [2.45, 2.75) is 12.5 Å². The van der Waals surface area contributed by atoms with E-state index in [1.807, 2.05) is 0 Å². The molecule has 3 nitrogen and oxygen atoms in total. The van der Waals surface area contributed by atoms with Crippen LogP contribution in [0.1, 0.15) is 6.42 Å². The zero-order valence-electron chi connectivity index (χ0n) is 6.36. The number of hydrogen-bond donors (Lipinski definition) is 1. The van der Waals surface area contributed by atoms with Gasteiger partial charge < -0.3 is 5.32 Å². The molecule has 1 amide bonds. The third-order valence-corrected chi connectivity index (χ3v) is 2.47. The molecule has 2 rings (SSSR count). The predicted molar refractivity (Wildman–Crippen MR) is 41.8 cm³/mol. The van der Waals surface area contributed by atoms with Crippen LogP contribution in [0.2, 0.25) is 0 Å². The van der Waals surface area contributed by atoms with Gasteiger partial charge in [-0.2, -0.15) is 0 Å². The Labute approximate surface area is 66.1 Å². The van der Waals surface area contributed by atoms with Gasteiger partial charge >= 0.3 is 0 Å². The lowest BCUT2D eigenvalue weighted by atomic mass is 10.2. The lowest BCUT2D eigenvalue weighted by Crippen LogP contribution is -2.37. The highest BCUT2D eigenvalue weighted by Gasteiger charge is 2.32. The maximum atomic E-state index is 10.0. The third-order valence-electron chi connectivity index (χ3n) is 2.47. The SMILES string of the molecule is O=CNCN1CC2C=CC1C2. The Kier molecular flexibility index (Phi) is 1.66. The molecule has 60 valence electrons. The molecule has 1 aliphatic carbocycles. The van der Waals surface area contributed by atoms with Crippen molar-refractivity contribution in [3.8, 4) is 0 Å². The summed E-state index contributed by atoms with van der Waals surface area (Å²) in [7, 11) is 0. The number of likely N-dealkylation sites (tertiary alicyclic amines) is 1. The van der Waals surface area contributed by atoms with Crippen LogP contribution >= 0.6 is 0 Å². The number of fused-ring (bicyclic) bond motifs is 2. The molecule has 1 heterocycles. The van der Waals surface area contributed by atoms with Crippen molar-refractivity contribution in [2.75, 3.05) is 13.2 Å². The standard InChI is InChI=1S/C8H12N2O/c11-6-9-5-10-4-7-1-2-8(10)3-7/h1-2,6-8H,3-5H2,(H,9,11). The molecule has 0 aromatic heterocycles. The largest absolute Gasteiger partial charge is 0.346 e. The van der Waals surface area contributed by atoms with E-state index >= 15 is 0 Å². The summed E-state index contributed by atoms with van der Waals surface area (Å²) in [6.45, 7) is 1.82. The highest BCUT2D eigenvalue weighted by Crippen LogP contribution is 2.30. The van der Waals surface area contributed by atoms with Gasteiger partial charge in [-0.15, -0.1) is 0 Å². The highest BCUT2D eigenvalue weighted by atomic mass is 16.1. The molecular weight excluding hydrogens is 140 g/mol. The number of amides is 1. The van der Waals surface area contributed by atoms with Crippen molar-refractivity contribution in [3.05, 3.63) is 12.2 Å². The Morgan fingerprint density at radius 2 is 2.55 bits per heavy atom. The van der Waals surface area contributed by atoms with Crippen LogP contribution in [-0.2, 0) is 4.79 Å². The molecule has 2 atom stereocenters. The molecule has 0 radical (unpaired) electrons. The molecule has 2 aliphatic rings. The quantitative estimate of drug-likeness (QED) is 0.454. The number of nitrogens with one attached hydrogen (secondary N) is 1. The number of rotatable bonds is 3. The Bertz CT molecular complexity index is 191. The smallest absolute Gasteiger partial charge is 0.208 e. The van der Waals surface area contributed by atoms with E-state index in [-0.39, 0.29) is 0 Å². The van der Waals surface area contributed by atoms with Crippen molar-refractivity contribution < 1.29 is 4.79 Å². The molecule has 1 N–H and O–H groups in total. The van der Waals surface area contributed by atoms with E-state index in [4.69, 9.17) is 0 Å². The minimum Gasteiger partial charge on any atom is -0.346 e. The summed E-state index contributed by atoms with van der Waals surface area (Å²) in [6.07, 6.45) is 6.53. The van der Waals surface area contributed by atoms with Crippen molar-refractivity contribution in [1.29, 1.82) is 0 Å². The van der Waals surface area contributed by atoms with E-state index in [0.29, 0.717) is 12.7 Å². The molecule has 1 fully saturated rings. The third kappa shape index (κ3) is 1.16. The second-order valence-corrected chi connectivity index (χ2v) is 3.20. The van der Waals surface area contributed by atoms with Gasteiger partial charge in [0.2, 0.25) is 6.41 Å². The van der Waals surface area contributed by atoms with Crippen molar-refractivity contribution in [2.24, 2.45) is 5.92 Å². The van der Waals surface area contributed by atoms with Gasteiger partial charge in [0.15, 0.2) is 0 Å². The summed E-state index contributed by atoms with van der Waals surface area (Å²) in [4.78, 5) is 12.3. The maximum Gasteiger partial charge on any atom is 0.208 e. The molecule has 2 bridgehead atoms. The van der Waals surface area contributed by atoms with Gasteiger partial charge in [-0.25, -0.2) is 0 Å². The fraction of sp³-hybridized carbons (Fsp3) is 0.625. The molecular formula is C8H12N2O. The Balaban J connectivity index is 1.88. The zero-order chi connectivity index (χ0) is 7.68. The van der Waals surface area contributed by atoms with Crippen LogP contribution in [-0.4, -0.2) is 30.6 Å². The van der Waals surface area contributed by atoms with Gasteiger partial charge in [0.1, 0.15) is 0 Å². The van der Waals surface area contributed by atoms with Crippen LogP contribution in [0.4, 0.5) is 0 Å². The molecule has 3 heteroatoms. The molecule has 11 heavy (non-hydrogen) atoms. The van der Waals surface area contributed by atoms with Crippen molar-refractivity contribution >= 4 is 6.41 Å². The molecule has 0 saturated carbocycles. The van der Waals surface area contributed by atoms with Crippen LogP contribution in [0.15, 0.2) is 12.2 Å². The molecule has 0 aromatic rings.